The van der Waals surface area contributed by atoms with E-state index in [1.807, 2.05) is 18.2 Å². The quantitative estimate of drug-likeness (QED) is 0.686. The van der Waals surface area contributed by atoms with Crippen molar-refractivity contribution in [2.75, 3.05) is 18.5 Å². The molecule has 0 aliphatic heterocycles. The summed E-state index contributed by atoms with van der Waals surface area (Å²) < 4.78 is 5.66. The van der Waals surface area contributed by atoms with Crippen LogP contribution < -0.4 is 10.6 Å². The van der Waals surface area contributed by atoms with Crippen LogP contribution in [-0.4, -0.2) is 25.0 Å². The van der Waals surface area contributed by atoms with Gasteiger partial charge in [0.25, 0.3) is 5.91 Å². The first-order valence-electron chi connectivity index (χ1n) is 8.71. The zero-order valence-electron chi connectivity index (χ0n) is 14.6. The van der Waals surface area contributed by atoms with Crippen LogP contribution >= 0.6 is 23.2 Å². The van der Waals surface area contributed by atoms with Crippen molar-refractivity contribution in [3.8, 4) is 0 Å². The summed E-state index contributed by atoms with van der Waals surface area (Å²) in [4.78, 5) is 24.2. The summed E-state index contributed by atoms with van der Waals surface area (Å²) >= 11 is 11.8. The summed E-state index contributed by atoms with van der Waals surface area (Å²) in [5.74, 6) is -0.0517. The molecule has 0 heterocycles. The molecule has 1 saturated carbocycles. The Balaban J connectivity index is 1.47. The average molecular weight is 407 g/mol. The van der Waals surface area contributed by atoms with Crippen molar-refractivity contribution in [2.24, 2.45) is 5.92 Å². The number of hydrogen-bond donors (Lipinski definition) is 2. The molecular formula is C20H20Cl2N2O3. The standard InChI is InChI=1S/C20H20Cl2N2O3/c21-15-6-7-17(18(22)9-15)20(26)23-10-19(25)24-16-3-1-2-14(8-16)12-27-11-13-4-5-13/h1-3,6-9,13H,4-5,10-12H2,(H,23,26)(H,24,25). The minimum Gasteiger partial charge on any atom is -0.376 e. The summed E-state index contributed by atoms with van der Waals surface area (Å²) in [5, 5.41) is 5.98. The van der Waals surface area contributed by atoms with Crippen molar-refractivity contribution in [3.05, 3.63) is 63.6 Å². The Kier molecular flexibility index (Phi) is 6.72. The van der Waals surface area contributed by atoms with Gasteiger partial charge in [-0.05, 0) is 54.7 Å². The number of rotatable bonds is 8. The van der Waals surface area contributed by atoms with Crippen LogP contribution in [0, 0.1) is 5.92 Å². The SMILES string of the molecule is O=C(CNC(=O)c1ccc(Cl)cc1Cl)Nc1cccc(COCC2CC2)c1. The van der Waals surface area contributed by atoms with Crippen LogP contribution in [0.15, 0.2) is 42.5 Å². The van der Waals surface area contributed by atoms with Gasteiger partial charge in [-0.1, -0.05) is 35.3 Å². The number of nitrogens with one attached hydrogen (secondary N) is 2. The first kappa shape index (κ1) is 19.7. The van der Waals surface area contributed by atoms with Gasteiger partial charge in [0.15, 0.2) is 0 Å². The first-order chi connectivity index (χ1) is 13.0. The zero-order chi connectivity index (χ0) is 19.2. The van der Waals surface area contributed by atoms with Crippen molar-refractivity contribution < 1.29 is 14.3 Å². The number of anilines is 1. The number of carbonyl (C=O) groups excluding carboxylic acids is 2. The molecule has 0 radical (unpaired) electrons. The first-order valence-corrected chi connectivity index (χ1v) is 9.46. The lowest BCUT2D eigenvalue weighted by Crippen LogP contribution is -2.33. The van der Waals surface area contributed by atoms with Gasteiger partial charge < -0.3 is 15.4 Å². The molecule has 0 unspecified atom stereocenters. The zero-order valence-corrected chi connectivity index (χ0v) is 16.1. The van der Waals surface area contributed by atoms with E-state index in [0.717, 1.165) is 12.2 Å². The van der Waals surface area contributed by atoms with E-state index >= 15 is 0 Å². The fraction of sp³-hybridized carbons (Fsp3) is 0.300. The van der Waals surface area contributed by atoms with E-state index in [-0.39, 0.29) is 23.0 Å². The maximum Gasteiger partial charge on any atom is 0.253 e. The predicted molar refractivity (Wildman–Crippen MR) is 106 cm³/mol. The number of halogens is 2. The molecule has 2 N–H and O–H groups in total. The van der Waals surface area contributed by atoms with Gasteiger partial charge in [-0.2, -0.15) is 0 Å². The van der Waals surface area contributed by atoms with Gasteiger partial charge in [-0.15, -0.1) is 0 Å². The highest BCUT2D eigenvalue weighted by atomic mass is 35.5. The van der Waals surface area contributed by atoms with E-state index in [0.29, 0.717) is 23.2 Å². The normalized spacial score (nSPS) is 13.3. The Morgan fingerprint density at radius 2 is 1.93 bits per heavy atom. The highest BCUT2D eigenvalue weighted by Gasteiger charge is 2.21. The van der Waals surface area contributed by atoms with E-state index in [2.05, 4.69) is 10.6 Å². The molecule has 1 fully saturated rings. The molecule has 0 aromatic heterocycles. The Labute approximate surface area is 168 Å². The van der Waals surface area contributed by atoms with Gasteiger partial charge in [-0.3, -0.25) is 9.59 Å². The Morgan fingerprint density at radius 1 is 1.11 bits per heavy atom. The maximum atomic E-state index is 12.1. The van der Waals surface area contributed by atoms with Gasteiger partial charge >= 0.3 is 0 Å². The molecule has 7 heteroatoms. The molecule has 142 valence electrons. The number of benzene rings is 2. The van der Waals surface area contributed by atoms with Crippen LogP contribution in [0.25, 0.3) is 0 Å². The lowest BCUT2D eigenvalue weighted by molar-refractivity contribution is -0.115. The minimum atomic E-state index is -0.436. The van der Waals surface area contributed by atoms with E-state index in [4.69, 9.17) is 27.9 Å². The Bertz CT molecular complexity index is 838. The smallest absolute Gasteiger partial charge is 0.253 e. The summed E-state index contributed by atoms with van der Waals surface area (Å²) in [5.41, 5.74) is 1.92. The van der Waals surface area contributed by atoms with Gasteiger partial charge in [0.05, 0.1) is 23.7 Å². The molecule has 0 saturated heterocycles. The van der Waals surface area contributed by atoms with Crippen molar-refractivity contribution in [2.45, 2.75) is 19.4 Å². The molecular weight excluding hydrogens is 387 g/mol. The summed E-state index contributed by atoms with van der Waals surface area (Å²) in [6.45, 7) is 1.14. The van der Waals surface area contributed by atoms with Crippen LogP contribution in [0.4, 0.5) is 5.69 Å². The highest BCUT2D eigenvalue weighted by molar-refractivity contribution is 6.36. The lowest BCUT2D eigenvalue weighted by Gasteiger charge is -2.10. The topological polar surface area (TPSA) is 67.4 Å². The van der Waals surface area contributed by atoms with Crippen LogP contribution in [0.3, 0.4) is 0 Å². The largest absolute Gasteiger partial charge is 0.376 e. The number of carbonyl (C=O) groups is 2. The Morgan fingerprint density at radius 3 is 2.67 bits per heavy atom. The molecule has 0 spiro atoms. The van der Waals surface area contributed by atoms with E-state index in [9.17, 15) is 9.59 Å². The molecule has 3 rings (SSSR count). The third kappa shape index (κ3) is 6.24. The van der Waals surface area contributed by atoms with Crippen LogP contribution in [0.5, 0.6) is 0 Å². The van der Waals surface area contributed by atoms with Gasteiger partial charge in [0.2, 0.25) is 5.91 Å². The third-order valence-corrected chi connectivity index (χ3v) is 4.66. The van der Waals surface area contributed by atoms with Crippen LogP contribution in [0.1, 0.15) is 28.8 Å². The number of ether oxygens (including phenoxy) is 1. The second-order valence-electron chi connectivity index (χ2n) is 6.51. The molecule has 2 amide bonds. The molecule has 2 aromatic rings. The van der Waals surface area contributed by atoms with E-state index in [1.54, 1.807) is 12.1 Å². The second kappa shape index (κ2) is 9.22. The highest BCUT2D eigenvalue weighted by Crippen LogP contribution is 2.29. The molecule has 2 aromatic carbocycles. The Hall–Kier alpha value is -2.08. The molecule has 0 atom stereocenters. The molecule has 0 bridgehead atoms. The fourth-order valence-electron chi connectivity index (χ4n) is 2.50. The van der Waals surface area contributed by atoms with Crippen molar-refractivity contribution in [3.63, 3.8) is 0 Å². The third-order valence-electron chi connectivity index (χ3n) is 4.12. The van der Waals surface area contributed by atoms with Gasteiger partial charge in [0.1, 0.15) is 0 Å². The van der Waals surface area contributed by atoms with E-state index < -0.39 is 5.91 Å². The second-order valence-corrected chi connectivity index (χ2v) is 7.36. The number of amides is 2. The maximum absolute atomic E-state index is 12.1. The lowest BCUT2D eigenvalue weighted by atomic mass is 10.2. The number of hydrogen-bond acceptors (Lipinski definition) is 3. The monoisotopic (exact) mass is 406 g/mol. The van der Waals surface area contributed by atoms with Gasteiger partial charge in [0, 0.05) is 17.3 Å². The van der Waals surface area contributed by atoms with Gasteiger partial charge in [-0.25, -0.2) is 0 Å². The van der Waals surface area contributed by atoms with Crippen molar-refractivity contribution >= 4 is 40.7 Å². The average Bonchev–Trinajstić information content (AvgIpc) is 3.44. The molecule has 1 aliphatic carbocycles. The van der Waals surface area contributed by atoms with Crippen molar-refractivity contribution in [1.82, 2.24) is 5.32 Å². The minimum absolute atomic E-state index is 0.166. The summed E-state index contributed by atoms with van der Waals surface area (Å²) in [6.07, 6.45) is 2.51. The molecule has 27 heavy (non-hydrogen) atoms. The summed E-state index contributed by atoms with van der Waals surface area (Å²) in [6, 6.07) is 12.0. The predicted octanol–water partition coefficient (Wildman–Crippen LogP) is 4.29. The van der Waals surface area contributed by atoms with Crippen LogP contribution in [-0.2, 0) is 16.1 Å². The molecule has 1 aliphatic rings. The fourth-order valence-corrected chi connectivity index (χ4v) is 3.00. The van der Waals surface area contributed by atoms with Crippen molar-refractivity contribution in [1.29, 1.82) is 0 Å². The van der Waals surface area contributed by atoms with Crippen LogP contribution in [0.2, 0.25) is 10.0 Å². The molecule has 5 nitrogen and oxygen atoms in total. The van der Waals surface area contributed by atoms with E-state index in [1.165, 1.54) is 25.0 Å². The summed E-state index contributed by atoms with van der Waals surface area (Å²) in [7, 11) is 0.